The molecule has 0 spiro atoms. The molecule has 21 heavy (non-hydrogen) atoms. The van der Waals surface area contributed by atoms with Crippen LogP contribution < -0.4 is 5.32 Å². The van der Waals surface area contributed by atoms with E-state index in [1.165, 1.54) is 17.1 Å². The number of halogens is 1. The zero-order chi connectivity index (χ0) is 15.5. The highest BCUT2D eigenvalue weighted by Crippen LogP contribution is 2.39. The molecule has 1 aromatic rings. The van der Waals surface area contributed by atoms with E-state index in [2.05, 4.69) is 5.32 Å². The second kappa shape index (κ2) is 6.55. The van der Waals surface area contributed by atoms with E-state index in [9.17, 15) is 8.42 Å². The molecule has 1 aromatic carbocycles. The zero-order valence-electron chi connectivity index (χ0n) is 12.6. The van der Waals surface area contributed by atoms with Crippen LogP contribution in [0.2, 0.25) is 0 Å². The molecule has 1 aliphatic carbocycles. The van der Waals surface area contributed by atoms with Gasteiger partial charge in [-0.05, 0) is 25.0 Å². The predicted molar refractivity (Wildman–Crippen MR) is 87.4 cm³/mol. The Kier molecular flexibility index (Phi) is 5.17. The van der Waals surface area contributed by atoms with Crippen LogP contribution in [0.15, 0.2) is 29.2 Å². The van der Waals surface area contributed by atoms with Crippen molar-refractivity contribution < 1.29 is 8.42 Å². The molecule has 1 saturated carbocycles. The molecule has 4 nitrogen and oxygen atoms in total. The second-order valence-electron chi connectivity index (χ2n) is 5.98. The van der Waals surface area contributed by atoms with Crippen molar-refractivity contribution in [2.45, 2.75) is 30.6 Å². The summed E-state index contributed by atoms with van der Waals surface area (Å²) < 4.78 is 26.0. The smallest absolute Gasteiger partial charge is 0.244 e. The van der Waals surface area contributed by atoms with E-state index in [-0.39, 0.29) is 5.41 Å². The Morgan fingerprint density at radius 3 is 2.43 bits per heavy atom. The van der Waals surface area contributed by atoms with Crippen LogP contribution in [0.3, 0.4) is 0 Å². The Morgan fingerprint density at radius 2 is 1.86 bits per heavy atom. The zero-order valence-corrected chi connectivity index (χ0v) is 14.2. The average molecular weight is 331 g/mol. The average Bonchev–Trinajstić information content (AvgIpc) is 2.95. The lowest BCUT2D eigenvalue weighted by molar-refractivity contribution is 0.368. The van der Waals surface area contributed by atoms with Gasteiger partial charge in [-0.15, -0.1) is 11.6 Å². The highest BCUT2D eigenvalue weighted by atomic mass is 35.5. The van der Waals surface area contributed by atoms with Gasteiger partial charge < -0.3 is 5.32 Å². The number of para-hydroxylation sites is 1. The summed E-state index contributed by atoms with van der Waals surface area (Å²) in [4.78, 5) is 0.317. The first-order valence-corrected chi connectivity index (χ1v) is 9.20. The van der Waals surface area contributed by atoms with Gasteiger partial charge in [0.2, 0.25) is 10.0 Å². The minimum absolute atomic E-state index is 0.0938. The monoisotopic (exact) mass is 330 g/mol. The van der Waals surface area contributed by atoms with E-state index < -0.39 is 10.0 Å². The van der Waals surface area contributed by atoms with Crippen molar-refractivity contribution in [2.24, 2.45) is 5.41 Å². The maximum absolute atomic E-state index is 12.4. The largest absolute Gasteiger partial charge is 0.383 e. The molecule has 0 heterocycles. The van der Waals surface area contributed by atoms with E-state index in [1.54, 1.807) is 26.2 Å². The quantitative estimate of drug-likeness (QED) is 0.815. The topological polar surface area (TPSA) is 49.4 Å². The van der Waals surface area contributed by atoms with Crippen molar-refractivity contribution in [3.05, 3.63) is 24.3 Å². The molecule has 0 atom stereocenters. The van der Waals surface area contributed by atoms with Gasteiger partial charge in [0, 0.05) is 31.9 Å². The molecule has 0 amide bonds. The standard InChI is InChI=1S/C15H23ClN2O2S/c1-18(2)21(19,20)14-8-4-3-7-13(14)17-12-15(11-16)9-5-6-10-15/h3-4,7-8,17H,5-6,9-12H2,1-2H3. The van der Waals surface area contributed by atoms with Gasteiger partial charge in [0.05, 0.1) is 5.69 Å². The fraction of sp³-hybridized carbons (Fsp3) is 0.600. The summed E-state index contributed by atoms with van der Waals surface area (Å²) in [6.45, 7) is 0.719. The van der Waals surface area contributed by atoms with E-state index in [1.807, 2.05) is 12.1 Å². The number of hydrogen-bond donors (Lipinski definition) is 1. The van der Waals surface area contributed by atoms with E-state index in [0.29, 0.717) is 16.5 Å². The first-order chi connectivity index (χ1) is 9.91. The summed E-state index contributed by atoms with van der Waals surface area (Å²) in [6, 6.07) is 7.04. The van der Waals surface area contributed by atoms with Crippen LogP contribution in [0.1, 0.15) is 25.7 Å². The number of nitrogens with one attached hydrogen (secondary N) is 1. The van der Waals surface area contributed by atoms with Crippen LogP contribution >= 0.6 is 11.6 Å². The summed E-state index contributed by atoms with van der Waals surface area (Å²) in [7, 11) is -0.352. The molecular formula is C15H23ClN2O2S. The van der Waals surface area contributed by atoms with Crippen LogP contribution in [0.4, 0.5) is 5.69 Å². The van der Waals surface area contributed by atoms with Crippen molar-refractivity contribution in [3.63, 3.8) is 0 Å². The summed E-state index contributed by atoms with van der Waals surface area (Å²) in [5, 5.41) is 3.32. The fourth-order valence-electron chi connectivity index (χ4n) is 2.80. The molecule has 0 saturated heterocycles. The number of nitrogens with zero attached hydrogens (tertiary/aromatic N) is 1. The third-order valence-electron chi connectivity index (χ3n) is 4.25. The molecule has 0 aliphatic heterocycles. The van der Waals surface area contributed by atoms with E-state index >= 15 is 0 Å². The van der Waals surface area contributed by atoms with Crippen LogP contribution in [-0.4, -0.2) is 39.2 Å². The Balaban J connectivity index is 2.22. The highest BCUT2D eigenvalue weighted by Gasteiger charge is 2.33. The van der Waals surface area contributed by atoms with Crippen molar-refractivity contribution in [2.75, 3.05) is 31.8 Å². The number of anilines is 1. The summed E-state index contributed by atoms with van der Waals surface area (Å²) in [6.07, 6.45) is 4.61. The Labute approximate surface area is 132 Å². The number of hydrogen-bond acceptors (Lipinski definition) is 3. The van der Waals surface area contributed by atoms with E-state index in [0.717, 1.165) is 19.4 Å². The SMILES string of the molecule is CN(C)S(=O)(=O)c1ccccc1NCC1(CCl)CCCC1. The summed E-state index contributed by atoms with van der Waals surface area (Å²) in [5.41, 5.74) is 0.749. The van der Waals surface area contributed by atoms with Crippen LogP contribution in [0, 0.1) is 5.41 Å². The molecule has 118 valence electrons. The van der Waals surface area contributed by atoms with Gasteiger partial charge >= 0.3 is 0 Å². The Bertz CT molecular complexity index is 581. The molecular weight excluding hydrogens is 308 g/mol. The van der Waals surface area contributed by atoms with Crippen molar-refractivity contribution in [3.8, 4) is 0 Å². The van der Waals surface area contributed by atoms with Crippen molar-refractivity contribution in [1.82, 2.24) is 4.31 Å². The number of rotatable bonds is 6. The van der Waals surface area contributed by atoms with Gasteiger partial charge in [-0.2, -0.15) is 0 Å². The summed E-state index contributed by atoms with van der Waals surface area (Å²) in [5.74, 6) is 0.614. The van der Waals surface area contributed by atoms with Gasteiger partial charge in [-0.25, -0.2) is 12.7 Å². The van der Waals surface area contributed by atoms with Crippen molar-refractivity contribution >= 4 is 27.3 Å². The van der Waals surface area contributed by atoms with Crippen LogP contribution in [0.25, 0.3) is 0 Å². The molecule has 0 radical (unpaired) electrons. The Morgan fingerprint density at radius 1 is 1.24 bits per heavy atom. The molecule has 1 fully saturated rings. The van der Waals surface area contributed by atoms with Gasteiger partial charge in [0.1, 0.15) is 4.90 Å². The highest BCUT2D eigenvalue weighted by molar-refractivity contribution is 7.89. The molecule has 1 aliphatic rings. The fourth-order valence-corrected chi connectivity index (χ4v) is 4.22. The van der Waals surface area contributed by atoms with Crippen LogP contribution in [-0.2, 0) is 10.0 Å². The van der Waals surface area contributed by atoms with Crippen LogP contribution in [0.5, 0.6) is 0 Å². The van der Waals surface area contributed by atoms with Crippen molar-refractivity contribution in [1.29, 1.82) is 0 Å². The number of sulfonamides is 1. The third kappa shape index (κ3) is 3.52. The maximum Gasteiger partial charge on any atom is 0.244 e. The first kappa shape index (κ1) is 16.6. The number of alkyl halides is 1. The molecule has 0 bridgehead atoms. The normalized spacial score (nSPS) is 18.1. The first-order valence-electron chi connectivity index (χ1n) is 7.23. The van der Waals surface area contributed by atoms with Gasteiger partial charge in [0.15, 0.2) is 0 Å². The van der Waals surface area contributed by atoms with Gasteiger partial charge in [-0.1, -0.05) is 25.0 Å². The molecule has 0 unspecified atom stereocenters. The minimum atomic E-state index is -3.44. The maximum atomic E-state index is 12.4. The lowest BCUT2D eigenvalue weighted by atomic mass is 9.88. The predicted octanol–water partition coefficient (Wildman–Crippen LogP) is 3.15. The second-order valence-corrected chi connectivity index (χ2v) is 8.37. The lowest BCUT2D eigenvalue weighted by Gasteiger charge is -2.27. The van der Waals surface area contributed by atoms with Gasteiger partial charge in [0.25, 0.3) is 0 Å². The molecule has 2 rings (SSSR count). The van der Waals surface area contributed by atoms with E-state index in [4.69, 9.17) is 11.6 Å². The minimum Gasteiger partial charge on any atom is -0.383 e. The van der Waals surface area contributed by atoms with Gasteiger partial charge in [-0.3, -0.25) is 0 Å². The summed E-state index contributed by atoms with van der Waals surface area (Å²) >= 11 is 6.14. The molecule has 0 aromatic heterocycles. The molecule has 6 heteroatoms. The Hall–Kier alpha value is -0.780. The third-order valence-corrected chi connectivity index (χ3v) is 6.69. The number of benzene rings is 1. The lowest BCUT2D eigenvalue weighted by Crippen LogP contribution is -2.30. The molecule has 1 N–H and O–H groups in total.